The molecule has 1 amide bonds. The van der Waals surface area contributed by atoms with E-state index in [0.29, 0.717) is 33.8 Å². The summed E-state index contributed by atoms with van der Waals surface area (Å²) in [5.74, 6) is 0.193. The number of carbonyl (C=O) groups is 1. The van der Waals surface area contributed by atoms with Gasteiger partial charge in [0, 0.05) is 23.9 Å². The highest BCUT2D eigenvalue weighted by molar-refractivity contribution is 7.90. The van der Waals surface area contributed by atoms with Crippen LogP contribution in [0.2, 0.25) is 0 Å². The number of nitrogens with zero attached hydrogens (tertiary/aromatic N) is 1. The molecule has 0 aliphatic carbocycles. The van der Waals surface area contributed by atoms with Gasteiger partial charge >= 0.3 is 0 Å². The van der Waals surface area contributed by atoms with Crippen LogP contribution in [0.15, 0.2) is 47.5 Å². The summed E-state index contributed by atoms with van der Waals surface area (Å²) in [6, 6.07) is 9.71. The number of benzene rings is 2. The Morgan fingerprint density at radius 1 is 1.11 bits per heavy atom. The number of para-hydroxylation sites is 1. The van der Waals surface area contributed by atoms with Crippen molar-refractivity contribution in [2.24, 2.45) is 5.73 Å². The number of rotatable bonds is 6. The number of fused-ring (bicyclic) bond motifs is 1. The maximum atomic E-state index is 12.1. The molecule has 0 bridgehead atoms. The number of primary amides is 1. The molecule has 0 atom stereocenters. The van der Waals surface area contributed by atoms with Crippen molar-refractivity contribution >= 4 is 38.0 Å². The first-order valence-electron chi connectivity index (χ1n) is 8.17. The Morgan fingerprint density at radius 2 is 1.75 bits per heavy atom. The van der Waals surface area contributed by atoms with Crippen molar-refractivity contribution in [1.82, 2.24) is 4.98 Å². The molecule has 0 radical (unpaired) electrons. The Hall–Kier alpha value is -3.33. The van der Waals surface area contributed by atoms with Crippen molar-refractivity contribution in [2.75, 3.05) is 25.8 Å². The molecule has 1 aromatic heterocycles. The molecule has 0 unspecified atom stereocenters. The lowest BCUT2D eigenvalue weighted by Gasteiger charge is -2.17. The van der Waals surface area contributed by atoms with Gasteiger partial charge in [0.05, 0.1) is 41.6 Å². The van der Waals surface area contributed by atoms with Crippen LogP contribution in [-0.4, -0.2) is 39.8 Å². The van der Waals surface area contributed by atoms with Crippen molar-refractivity contribution in [3.05, 3.63) is 48.2 Å². The summed E-state index contributed by atoms with van der Waals surface area (Å²) in [5, 5.41) is 3.57. The number of ether oxygens (including phenoxy) is 2. The molecule has 1 heterocycles. The molecule has 0 saturated heterocycles. The van der Waals surface area contributed by atoms with Gasteiger partial charge in [0.25, 0.3) is 5.91 Å². The summed E-state index contributed by atoms with van der Waals surface area (Å²) < 4.78 is 34.9. The second-order valence-electron chi connectivity index (χ2n) is 6.03. The van der Waals surface area contributed by atoms with Crippen molar-refractivity contribution in [3.63, 3.8) is 0 Å². The average Bonchev–Trinajstić information content (AvgIpc) is 2.66. The van der Waals surface area contributed by atoms with Gasteiger partial charge in [0.15, 0.2) is 21.3 Å². The van der Waals surface area contributed by atoms with Gasteiger partial charge in [-0.05, 0) is 18.2 Å². The first kappa shape index (κ1) is 19.4. The van der Waals surface area contributed by atoms with E-state index in [4.69, 9.17) is 15.2 Å². The number of anilines is 2. The van der Waals surface area contributed by atoms with Crippen LogP contribution in [0, 0.1) is 0 Å². The van der Waals surface area contributed by atoms with Crippen molar-refractivity contribution in [2.45, 2.75) is 4.90 Å². The van der Waals surface area contributed by atoms with E-state index in [1.807, 2.05) is 0 Å². The lowest BCUT2D eigenvalue weighted by Crippen LogP contribution is -2.15. The molecular weight excluding hydrogens is 382 g/mol. The zero-order chi connectivity index (χ0) is 20.5. The van der Waals surface area contributed by atoms with E-state index >= 15 is 0 Å². The van der Waals surface area contributed by atoms with Gasteiger partial charge in [-0.2, -0.15) is 0 Å². The highest BCUT2D eigenvalue weighted by atomic mass is 32.2. The van der Waals surface area contributed by atoms with Crippen LogP contribution in [0.3, 0.4) is 0 Å². The van der Waals surface area contributed by atoms with Crippen LogP contribution in [-0.2, 0) is 9.84 Å². The van der Waals surface area contributed by atoms with E-state index in [9.17, 15) is 13.2 Å². The molecule has 9 heteroatoms. The number of aromatic nitrogens is 1. The molecule has 3 N–H and O–H groups in total. The number of amides is 1. The first-order valence-corrected chi connectivity index (χ1v) is 10.1. The number of carbonyl (C=O) groups excluding carboxylic acids is 1. The van der Waals surface area contributed by atoms with Gasteiger partial charge in [-0.1, -0.05) is 12.1 Å². The molecule has 0 aliphatic heterocycles. The molecule has 0 spiro atoms. The number of nitrogens with two attached hydrogens (primary N) is 1. The van der Waals surface area contributed by atoms with Crippen molar-refractivity contribution < 1.29 is 22.7 Å². The summed E-state index contributed by atoms with van der Waals surface area (Å²) in [4.78, 5) is 16.3. The summed E-state index contributed by atoms with van der Waals surface area (Å²) in [5.41, 5.74) is 6.79. The third kappa shape index (κ3) is 3.56. The predicted octanol–water partition coefficient (Wildman–Crippen LogP) is 2.50. The minimum absolute atomic E-state index is 0.0934. The fourth-order valence-electron chi connectivity index (χ4n) is 2.87. The number of methoxy groups -OCH3 is 2. The Balaban J connectivity index is 2.30. The van der Waals surface area contributed by atoms with Gasteiger partial charge in [0.2, 0.25) is 0 Å². The van der Waals surface area contributed by atoms with Crippen LogP contribution in [0.1, 0.15) is 10.4 Å². The molecule has 3 rings (SSSR count). The molecular formula is C19H19N3O5S. The Kier molecular flexibility index (Phi) is 5.10. The van der Waals surface area contributed by atoms with Gasteiger partial charge in [-0.15, -0.1) is 0 Å². The predicted molar refractivity (Wildman–Crippen MR) is 106 cm³/mol. The Bertz CT molecular complexity index is 1180. The highest BCUT2D eigenvalue weighted by Gasteiger charge is 2.19. The third-order valence-electron chi connectivity index (χ3n) is 4.18. The SMILES string of the molecule is COc1cc2ncc(C(N)=O)c(Nc3ccccc3S(C)(=O)=O)c2cc1OC. The molecule has 2 aromatic carbocycles. The Labute approximate surface area is 162 Å². The van der Waals surface area contributed by atoms with Gasteiger partial charge in [-0.25, -0.2) is 8.42 Å². The summed E-state index contributed by atoms with van der Waals surface area (Å²) in [6.45, 7) is 0. The van der Waals surface area contributed by atoms with Crippen LogP contribution >= 0.6 is 0 Å². The number of nitrogens with one attached hydrogen (secondary N) is 1. The summed E-state index contributed by atoms with van der Waals surface area (Å²) in [7, 11) is -0.512. The molecule has 8 nitrogen and oxygen atoms in total. The Morgan fingerprint density at radius 3 is 2.36 bits per heavy atom. The number of pyridine rings is 1. The summed E-state index contributed by atoms with van der Waals surface area (Å²) >= 11 is 0. The van der Waals surface area contributed by atoms with Crippen molar-refractivity contribution in [1.29, 1.82) is 0 Å². The van der Waals surface area contributed by atoms with Crippen LogP contribution in [0.25, 0.3) is 10.9 Å². The van der Waals surface area contributed by atoms with E-state index < -0.39 is 15.7 Å². The van der Waals surface area contributed by atoms with Gasteiger partial charge < -0.3 is 20.5 Å². The molecule has 0 aliphatic rings. The first-order chi connectivity index (χ1) is 13.3. The maximum absolute atomic E-state index is 12.1. The minimum Gasteiger partial charge on any atom is -0.493 e. The number of hydrogen-bond donors (Lipinski definition) is 2. The van der Waals surface area contributed by atoms with E-state index in [-0.39, 0.29) is 10.5 Å². The minimum atomic E-state index is -3.50. The van der Waals surface area contributed by atoms with E-state index in [2.05, 4.69) is 10.3 Å². The topological polar surface area (TPSA) is 121 Å². The lowest BCUT2D eigenvalue weighted by molar-refractivity contribution is 0.100. The molecule has 3 aromatic rings. The normalized spacial score (nSPS) is 11.2. The largest absolute Gasteiger partial charge is 0.493 e. The molecule has 146 valence electrons. The maximum Gasteiger partial charge on any atom is 0.252 e. The standard InChI is InChI=1S/C19H19N3O5S/c1-26-15-8-11-14(9-16(15)27-2)21-10-12(19(20)23)18(11)22-13-6-4-5-7-17(13)28(3,24)25/h4-10H,1-3H3,(H2,20,23)(H,21,22). The van der Waals surface area contributed by atoms with Crippen LogP contribution < -0.4 is 20.5 Å². The molecule has 28 heavy (non-hydrogen) atoms. The van der Waals surface area contributed by atoms with Crippen LogP contribution in [0.4, 0.5) is 11.4 Å². The van der Waals surface area contributed by atoms with Crippen molar-refractivity contribution in [3.8, 4) is 11.5 Å². The summed E-state index contributed by atoms with van der Waals surface area (Å²) in [6.07, 6.45) is 2.45. The second kappa shape index (κ2) is 7.35. The zero-order valence-corrected chi connectivity index (χ0v) is 16.3. The smallest absolute Gasteiger partial charge is 0.252 e. The fraction of sp³-hybridized carbons (Fsp3) is 0.158. The van der Waals surface area contributed by atoms with E-state index in [1.165, 1.54) is 26.5 Å². The molecule has 0 fully saturated rings. The lowest BCUT2D eigenvalue weighted by atomic mass is 10.1. The highest BCUT2D eigenvalue weighted by Crippen LogP contribution is 2.37. The average molecular weight is 401 g/mol. The van der Waals surface area contributed by atoms with Gasteiger partial charge in [0.1, 0.15) is 0 Å². The van der Waals surface area contributed by atoms with E-state index in [0.717, 1.165) is 6.26 Å². The zero-order valence-electron chi connectivity index (χ0n) is 15.5. The second-order valence-corrected chi connectivity index (χ2v) is 8.01. The monoisotopic (exact) mass is 401 g/mol. The fourth-order valence-corrected chi connectivity index (χ4v) is 3.71. The van der Waals surface area contributed by atoms with Crippen LogP contribution in [0.5, 0.6) is 11.5 Å². The van der Waals surface area contributed by atoms with Gasteiger partial charge in [-0.3, -0.25) is 9.78 Å². The number of hydrogen-bond acceptors (Lipinski definition) is 7. The van der Waals surface area contributed by atoms with E-state index in [1.54, 1.807) is 30.3 Å². The quantitative estimate of drug-likeness (QED) is 0.651. The molecule has 0 saturated carbocycles. The third-order valence-corrected chi connectivity index (χ3v) is 5.34. The number of sulfone groups is 1.